The normalized spacial score (nSPS) is 21.2. The first-order valence-electron chi connectivity index (χ1n) is 7.03. The van der Waals surface area contributed by atoms with Crippen LogP contribution < -0.4 is 9.47 Å². The summed E-state index contributed by atoms with van der Waals surface area (Å²) in [5, 5.41) is 11.0. The molecule has 0 radical (unpaired) electrons. The van der Waals surface area contributed by atoms with Crippen molar-refractivity contribution in [1.82, 2.24) is 0 Å². The van der Waals surface area contributed by atoms with Gasteiger partial charge in [-0.15, -0.1) is 0 Å². The first kappa shape index (κ1) is 13.1. The second kappa shape index (κ2) is 5.59. The van der Waals surface area contributed by atoms with Gasteiger partial charge in [0.05, 0.1) is 11.1 Å². The first-order valence-corrected chi connectivity index (χ1v) is 7.40. The lowest BCUT2D eigenvalue weighted by atomic mass is 9.83. The van der Waals surface area contributed by atoms with Gasteiger partial charge in [-0.2, -0.15) is 0 Å². The van der Waals surface area contributed by atoms with Crippen LogP contribution in [0.1, 0.15) is 43.8 Å². The minimum atomic E-state index is -0.450. The van der Waals surface area contributed by atoms with Crippen molar-refractivity contribution in [2.75, 3.05) is 13.2 Å². The molecule has 4 heteroatoms. The Balaban J connectivity index is 1.85. The number of rotatable bonds is 2. The molecule has 1 N–H and O–H groups in total. The molecule has 0 saturated heterocycles. The molecule has 1 aliphatic carbocycles. The predicted octanol–water partition coefficient (Wildman–Crippen LogP) is 3.72. The largest absolute Gasteiger partial charge is 0.486 e. The highest BCUT2D eigenvalue weighted by atomic mass is 35.5. The van der Waals surface area contributed by atoms with Crippen molar-refractivity contribution >= 4 is 11.6 Å². The zero-order chi connectivity index (χ0) is 13.2. The molecule has 0 aromatic heterocycles. The molecule has 2 aliphatic rings. The Labute approximate surface area is 118 Å². The van der Waals surface area contributed by atoms with Crippen LogP contribution in [0.3, 0.4) is 0 Å². The number of hydrogen-bond donors (Lipinski definition) is 1. The standard InChI is InChI=1S/C15H19ClO3/c16-12-8-11(9-13-15(12)19-7-6-18-13)14(17)10-4-2-1-3-5-10/h8-10,14,17H,1-7H2. The van der Waals surface area contributed by atoms with Crippen LogP contribution in [0.4, 0.5) is 0 Å². The van der Waals surface area contributed by atoms with Gasteiger partial charge in [0, 0.05) is 0 Å². The summed E-state index contributed by atoms with van der Waals surface area (Å²) >= 11 is 6.21. The zero-order valence-corrected chi connectivity index (χ0v) is 11.7. The van der Waals surface area contributed by atoms with Gasteiger partial charge in [-0.05, 0) is 36.5 Å². The summed E-state index contributed by atoms with van der Waals surface area (Å²) in [6.45, 7) is 1.06. The van der Waals surface area contributed by atoms with Crippen LogP contribution in [0, 0.1) is 5.92 Å². The van der Waals surface area contributed by atoms with Gasteiger partial charge in [0.15, 0.2) is 11.5 Å². The van der Waals surface area contributed by atoms with Crippen molar-refractivity contribution in [3.63, 3.8) is 0 Å². The van der Waals surface area contributed by atoms with Crippen molar-refractivity contribution in [3.05, 3.63) is 22.7 Å². The van der Waals surface area contributed by atoms with E-state index >= 15 is 0 Å². The molecule has 1 fully saturated rings. The summed E-state index contributed by atoms with van der Waals surface area (Å²) in [5.41, 5.74) is 0.848. The molecule has 1 atom stereocenters. The van der Waals surface area contributed by atoms with Gasteiger partial charge in [-0.25, -0.2) is 0 Å². The van der Waals surface area contributed by atoms with Crippen LogP contribution in [0.2, 0.25) is 5.02 Å². The van der Waals surface area contributed by atoms with Crippen LogP contribution in [0.25, 0.3) is 0 Å². The summed E-state index contributed by atoms with van der Waals surface area (Å²) in [6, 6.07) is 3.69. The molecule has 0 amide bonds. The third-order valence-corrected chi connectivity index (χ3v) is 4.34. The highest BCUT2D eigenvalue weighted by Crippen LogP contribution is 2.42. The number of hydrogen-bond acceptors (Lipinski definition) is 3. The van der Waals surface area contributed by atoms with Crippen LogP contribution in [0.15, 0.2) is 12.1 Å². The van der Waals surface area contributed by atoms with Gasteiger partial charge >= 0.3 is 0 Å². The molecule has 1 saturated carbocycles. The lowest BCUT2D eigenvalue weighted by molar-refractivity contribution is 0.0840. The number of aliphatic hydroxyl groups excluding tert-OH is 1. The number of fused-ring (bicyclic) bond motifs is 1. The van der Waals surface area contributed by atoms with Gasteiger partial charge < -0.3 is 14.6 Å². The van der Waals surface area contributed by atoms with E-state index in [4.69, 9.17) is 21.1 Å². The fraction of sp³-hybridized carbons (Fsp3) is 0.600. The van der Waals surface area contributed by atoms with Crippen LogP contribution >= 0.6 is 11.6 Å². The van der Waals surface area contributed by atoms with Crippen molar-refractivity contribution in [3.8, 4) is 11.5 Å². The molecule has 1 aromatic rings. The molecule has 1 heterocycles. The molecule has 0 spiro atoms. The van der Waals surface area contributed by atoms with Gasteiger partial charge in [0.25, 0.3) is 0 Å². The highest BCUT2D eigenvalue weighted by Gasteiger charge is 2.26. The van der Waals surface area contributed by atoms with Gasteiger partial charge in [0.1, 0.15) is 13.2 Å². The molecule has 1 unspecified atom stereocenters. The third-order valence-electron chi connectivity index (χ3n) is 4.06. The molecule has 3 nitrogen and oxygen atoms in total. The van der Waals surface area contributed by atoms with Crippen molar-refractivity contribution in [1.29, 1.82) is 0 Å². The zero-order valence-electron chi connectivity index (χ0n) is 10.9. The maximum Gasteiger partial charge on any atom is 0.179 e. The van der Waals surface area contributed by atoms with Crippen molar-refractivity contribution in [2.24, 2.45) is 5.92 Å². The maximum absolute atomic E-state index is 10.5. The van der Waals surface area contributed by atoms with Gasteiger partial charge in [0.2, 0.25) is 0 Å². The molecule has 3 rings (SSSR count). The average molecular weight is 283 g/mol. The summed E-state index contributed by atoms with van der Waals surface area (Å²) in [4.78, 5) is 0. The summed E-state index contributed by atoms with van der Waals surface area (Å²) in [6.07, 6.45) is 5.43. The topological polar surface area (TPSA) is 38.7 Å². The second-order valence-electron chi connectivity index (χ2n) is 5.37. The maximum atomic E-state index is 10.5. The first-order chi connectivity index (χ1) is 9.25. The molecule has 104 valence electrons. The van der Waals surface area contributed by atoms with Gasteiger partial charge in [-0.3, -0.25) is 0 Å². The Morgan fingerprint density at radius 3 is 2.63 bits per heavy atom. The van der Waals surface area contributed by atoms with Crippen LogP contribution in [-0.2, 0) is 0 Å². The van der Waals surface area contributed by atoms with E-state index in [1.807, 2.05) is 12.1 Å². The minimum absolute atomic E-state index is 0.340. The Morgan fingerprint density at radius 2 is 1.84 bits per heavy atom. The van der Waals surface area contributed by atoms with E-state index in [-0.39, 0.29) is 0 Å². The minimum Gasteiger partial charge on any atom is -0.486 e. The highest BCUT2D eigenvalue weighted by molar-refractivity contribution is 6.32. The quantitative estimate of drug-likeness (QED) is 0.898. The summed E-state index contributed by atoms with van der Waals surface area (Å²) in [7, 11) is 0. The number of benzene rings is 1. The molecule has 1 aromatic carbocycles. The van der Waals surface area contributed by atoms with E-state index < -0.39 is 6.10 Å². The number of ether oxygens (including phenoxy) is 2. The molecule has 0 bridgehead atoms. The lowest BCUT2D eigenvalue weighted by Gasteiger charge is -2.28. The van der Waals surface area contributed by atoms with Crippen molar-refractivity contribution < 1.29 is 14.6 Å². The van der Waals surface area contributed by atoms with E-state index in [2.05, 4.69) is 0 Å². The second-order valence-corrected chi connectivity index (χ2v) is 5.78. The van der Waals surface area contributed by atoms with E-state index in [0.717, 1.165) is 18.4 Å². The summed E-state index contributed by atoms with van der Waals surface area (Å²) < 4.78 is 11.1. The van der Waals surface area contributed by atoms with Crippen LogP contribution in [0.5, 0.6) is 11.5 Å². The van der Waals surface area contributed by atoms with Crippen molar-refractivity contribution in [2.45, 2.75) is 38.2 Å². The molecule has 1 aliphatic heterocycles. The Kier molecular flexibility index (Phi) is 3.85. The molecular weight excluding hydrogens is 264 g/mol. The molecule has 19 heavy (non-hydrogen) atoms. The number of halogens is 1. The Hall–Kier alpha value is -0.930. The Bertz CT molecular complexity index is 455. The fourth-order valence-electron chi connectivity index (χ4n) is 3.02. The third kappa shape index (κ3) is 2.67. The van der Waals surface area contributed by atoms with E-state index in [1.54, 1.807) is 0 Å². The monoisotopic (exact) mass is 282 g/mol. The predicted molar refractivity (Wildman–Crippen MR) is 74.0 cm³/mol. The smallest absolute Gasteiger partial charge is 0.179 e. The van der Waals surface area contributed by atoms with E-state index in [9.17, 15) is 5.11 Å². The van der Waals surface area contributed by atoms with Gasteiger partial charge in [-0.1, -0.05) is 30.9 Å². The lowest BCUT2D eigenvalue weighted by Crippen LogP contribution is -2.18. The average Bonchev–Trinajstić information content (AvgIpc) is 2.47. The van der Waals surface area contributed by atoms with Crippen LogP contribution in [-0.4, -0.2) is 18.3 Å². The fourth-order valence-corrected chi connectivity index (χ4v) is 3.30. The SMILES string of the molecule is OC(c1cc(Cl)c2c(c1)OCCO2)C1CCCCC1. The molecular formula is C15H19ClO3. The van der Waals surface area contributed by atoms with E-state index in [1.165, 1.54) is 19.3 Å². The van der Waals surface area contributed by atoms with E-state index in [0.29, 0.717) is 35.7 Å². The summed E-state index contributed by atoms with van der Waals surface area (Å²) in [5.74, 6) is 1.60. The number of aliphatic hydroxyl groups is 1. The Morgan fingerprint density at radius 1 is 1.11 bits per heavy atom.